The molecule has 0 radical (unpaired) electrons. The molecule has 6 atom stereocenters. The van der Waals surface area contributed by atoms with Crippen LogP contribution in [-0.4, -0.2) is 17.9 Å². The highest BCUT2D eigenvalue weighted by Gasteiger charge is 2.59. The number of hydrogen-bond acceptors (Lipinski definition) is 3. The summed E-state index contributed by atoms with van der Waals surface area (Å²) in [5.74, 6) is 2.16. The van der Waals surface area contributed by atoms with Crippen LogP contribution in [0.1, 0.15) is 75.6 Å². The molecular formula is C26H32O3. The van der Waals surface area contributed by atoms with E-state index in [4.69, 9.17) is 4.74 Å². The first-order valence-corrected chi connectivity index (χ1v) is 11.4. The van der Waals surface area contributed by atoms with Crippen LogP contribution >= 0.6 is 0 Å². The second kappa shape index (κ2) is 6.82. The van der Waals surface area contributed by atoms with Gasteiger partial charge in [0.05, 0.1) is 5.56 Å². The van der Waals surface area contributed by atoms with E-state index in [0.717, 1.165) is 25.7 Å². The van der Waals surface area contributed by atoms with Gasteiger partial charge in [-0.15, -0.1) is 0 Å². The van der Waals surface area contributed by atoms with E-state index in [1.807, 2.05) is 36.4 Å². The van der Waals surface area contributed by atoms with Crippen molar-refractivity contribution in [3.05, 3.63) is 47.5 Å². The second-order valence-corrected chi connectivity index (χ2v) is 10.4. The predicted octanol–water partition coefficient (Wildman–Crippen LogP) is 5.74. The van der Waals surface area contributed by atoms with Crippen molar-refractivity contribution >= 4 is 11.8 Å². The molecule has 3 nitrogen and oxygen atoms in total. The lowest BCUT2D eigenvalue weighted by Gasteiger charge is -2.57. The van der Waals surface area contributed by atoms with Crippen molar-refractivity contribution in [2.45, 2.75) is 71.3 Å². The van der Waals surface area contributed by atoms with Crippen molar-refractivity contribution in [2.24, 2.45) is 28.6 Å². The van der Waals surface area contributed by atoms with Gasteiger partial charge in [-0.25, -0.2) is 4.79 Å². The molecule has 3 heteroatoms. The van der Waals surface area contributed by atoms with E-state index < -0.39 is 0 Å². The molecule has 1 aromatic carbocycles. The quantitative estimate of drug-likeness (QED) is 0.603. The van der Waals surface area contributed by atoms with Gasteiger partial charge in [-0.1, -0.05) is 37.6 Å². The molecule has 3 fully saturated rings. The SMILES string of the molecule is C[C@]12CCC(=O)C=C1CCC1C2CC[C@@]2(C)C1CC[C@@H]2OC(=O)c1ccccc1. The highest BCUT2D eigenvalue weighted by molar-refractivity contribution is 5.91. The first kappa shape index (κ1) is 19.1. The molecule has 1 aromatic rings. The standard InChI is InChI=1S/C26H32O3/c1-25-14-12-19(27)16-18(25)8-9-20-21-10-11-23(26(21,2)15-13-22(20)25)29-24(28)17-6-4-3-5-7-17/h3-7,16,20-23H,8-15H2,1-2H3/t20?,21?,22?,23-,25-,26-/m0/s1. The van der Waals surface area contributed by atoms with Crippen LogP contribution in [0.2, 0.25) is 0 Å². The smallest absolute Gasteiger partial charge is 0.338 e. The van der Waals surface area contributed by atoms with Gasteiger partial charge in [0.25, 0.3) is 0 Å². The number of carbonyl (C=O) groups excluding carboxylic acids is 2. The number of fused-ring (bicyclic) bond motifs is 5. The molecule has 4 aliphatic rings. The van der Waals surface area contributed by atoms with Crippen molar-refractivity contribution in [2.75, 3.05) is 0 Å². The Balaban J connectivity index is 1.37. The number of ether oxygens (including phenoxy) is 1. The number of carbonyl (C=O) groups is 2. The molecule has 3 unspecified atom stereocenters. The second-order valence-electron chi connectivity index (χ2n) is 10.4. The molecule has 29 heavy (non-hydrogen) atoms. The van der Waals surface area contributed by atoms with Crippen LogP contribution in [0.15, 0.2) is 42.0 Å². The van der Waals surface area contributed by atoms with E-state index in [1.165, 1.54) is 24.8 Å². The molecule has 0 saturated heterocycles. The average Bonchev–Trinajstić information content (AvgIpc) is 3.05. The van der Waals surface area contributed by atoms with Gasteiger partial charge < -0.3 is 4.74 Å². The predicted molar refractivity (Wildman–Crippen MR) is 112 cm³/mol. The minimum atomic E-state index is -0.175. The van der Waals surface area contributed by atoms with Crippen molar-refractivity contribution in [3.8, 4) is 0 Å². The van der Waals surface area contributed by atoms with Gasteiger partial charge in [0.15, 0.2) is 5.78 Å². The number of rotatable bonds is 2. The molecule has 0 bridgehead atoms. The lowest BCUT2D eigenvalue weighted by atomic mass is 9.47. The molecule has 3 saturated carbocycles. The van der Waals surface area contributed by atoms with Crippen LogP contribution in [0.25, 0.3) is 0 Å². The summed E-state index contributed by atoms with van der Waals surface area (Å²) >= 11 is 0. The molecule has 0 heterocycles. The van der Waals surface area contributed by atoms with Crippen molar-refractivity contribution in [1.29, 1.82) is 0 Å². The largest absolute Gasteiger partial charge is 0.458 e. The van der Waals surface area contributed by atoms with E-state index in [0.29, 0.717) is 35.5 Å². The molecule has 0 N–H and O–H groups in total. The Morgan fingerprint density at radius 3 is 2.55 bits per heavy atom. The lowest BCUT2D eigenvalue weighted by molar-refractivity contribution is -0.118. The van der Waals surface area contributed by atoms with E-state index in [-0.39, 0.29) is 22.9 Å². The zero-order valence-electron chi connectivity index (χ0n) is 17.7. The Morgan fingerprint density at radius 2 is 1.76 bits per heavy atom. The number of benzene rings is 1. The zero-order valence-corrected chi connectivity index (χ0v) is 17.7. The molecular weight excluding hydrogens is 360 g/mol. The minimum absolute atomic E-state index is 0.0267. The zero-order chi connectivity index (χ0) is 20.2. The first-order valence-electron chi connectivity index (χ1n) is 11.4. The third-order valence-corrected chi connectivity index (χ3v) is 9.13. The third-order valence-electron chi connectivity index (χ3n) is 9.13. The lowest BCUT2D eigenvalue weighted by Crippen LogP contribution is -2.51. The minimum Gasteiger partial charge on any atom is -0.458 e. The maximum absolute atomic E-state index is 12.7. The van der Waals surface area contributed by atoms with Crippen LogP contribution < -0.4 is 0 Å². The Bertz CT molecular complexity index is 856. The summed E-state index contributed by atoms with van der Waals surface area (Å²) in [6.45, 7) is 4.80. The van der Waals surface area contributed by atoms with E-state index in [2.05, 4.69) is 13.8 Å². The van der Waals surface area contributed by atoms with E-state index in [1.54, 1.807) is 0 Å². The number of hydrogen-bond donors (Lipinski definition) is 0. The van der Waals surface area contributed by atoms with Gasteiger partial charge in [0.1, 0.15) is 6.10 Å². The molecule has 154 valence electrons. The van der Waals surface area contributed by atoms with Crippen LogP contribution in [0, 0.1) is 28.6 Å². The molecule has 5 rings (SSSR count). The van der Waals surface area contributed by atoms with Crippen molar-refractivity contribution < 1.29 is 14.3 Å². The fourth-order valence-corrected chi connectivity index (χ4v) is 7.48. The van der Waals surface area contributed by atoms with Gasteiger partial charge in [0.2, 0.25) is 0 Å². The summed E-state index contributed by atoms with van der Waals surface area (Å²) in [6.07, 6.45) is 10.5. The average molecular weight is 393 g/mol. The summed E-state index contributed by atoms with van der Waals surface area (Å²) in [4.78, 5) is 24.7. The first-order chi connectivity index (χ1) is 13.9. The van der Waals surface area contributed by atoms with Gasteiger partial charge in [-0.3, -0.25) is 4.79 Å². The summed E-state index contributed by atoms with van der Waals surface area (Å²) < 4.78 is 6.10. The number of esters is 1. The van der Waals surface area contributed by atoms with Crippen LogP contribution in [0.5, 0.6) is 0 Å². The van der Waals surface area contributed by atoms with Gasteiger partial charge in [-0.2, -0.15) is 0 Å². The highest BCUT2D eigenvalue weighted by atomic mass is 16.5. The van der Waals surface area contributed by atoms with E-state index >= 15 is 0 Å². The number of ketones is 1. The van der Waals surface area contributed by atoms with Gasteiger partial charge >= 0.3 is 5.97 Å². The Hall–Kier alpha value is -1.90. The maximum atomic E-state index is 12.7. The Labute approximate surface area is 173 Å². The van der Waals surface area contributed by atoms with Crippen LogP contribution in [0.4, 0.5) is 0 Å². The van der Waals surface area contributed by atoms with Gasteiger partial charge in [0, 0.05) is 11.8 Å². The van der Waals surface area contributed by atoms with Crippen LogP contribution in [-0.2, 0) is 9.53 Å². The Morgan fingerprint density at radius 1 is 0.966 bits per heavy atom. The summed E-state index contributed by atoms with van der Waals surface area (Å²) in [5.41, 5.74) is 2.37. The summed E-state index contributed by atoms with van der Waals surface area (Å²) in [7, 11) is 0. The Kier molecular flexibility index (Phi) is 4.49. The molecule has 4 aliphatic carbocycles. The van der Waals surface area contributed by atoms with Crippen LogP contribution in [0.3, 0.4) is 0 Å². The van der Waals surface area contributed by atoms with Gasteiger partial charge in [-0.05, 0) is 86.3 Å². The topological polar surface area (TPSA) is 43.4 Å². The summed E-state index contributed by atoms with van der Waals surface area (Å²) in [5, 5.41) is 0. The van der Waals surface area contributed by atoms with Crippen molar-refractivity contribution in [1.82, 2.24) is 0 Å². The maximum Gasteiger partial charge on any atom is 0.338 e. The summed E-state index contributed by atoms with van der Waals surface area (Å²) in [6, 6.07) is 9.39. The fraction of sp³-hybridized carbons (Fsp3) is 0.615. The third kappa shape index (κ3) is 2.92. The molecule has 0 aliphatic heterocycles. The highest BCUT2D eigenvalue weighted by Crippen LogP contribution is 2.65. The normalized spacial score (nSPS) is 41.0. The molecule has 0 amide bonds. The number of allylic oxidation sites excluding steroid dienone is 1. The molecule has 0 spiro atoms. The monoisotopic (exact) mass is 392 g/mol. The van der Waals surface area contributed by atoms with E-state index in [9.17, 15) is 9.59 Å². The fourth-order valence-electron chi connectivity index (χ4n) is 7.48. The molecule has 0 aromatic heterocycles. The van der Waals surface area contributed by atoms with Crippen molar-refractivity contribution in [3.63, 3.8) is 0 Å².